The van der Waals surface area contributed by atoms with Crippen LogP contribution in [0.5, 0.6) is 0 Å². The molecule has 0 aromatic carbocycles. The van der Waals surface area contributed by atoms with Crippen LogP contribution < -0.4 is 5.32 Å². The zero-order valence-corrected chi connectivity index (χ0v) is 9.97. The number of rotatable bonds is 2. The molecule has 2 heterocycles. The van der Waals surface area contributed by atoms with Gasteiger partial charge >= 0.3 is 0 Å². The van der Waals surface area contributed by atoms with Crippen LogP contribution in [0, 0.1) is 6.92 Å². The molecule has 2 rings (SSSR count). The number of nitrogens with zero attached hydrogens (tertiary/aromatic N) is 2. The zero-order valence-electron chi connectivity index (χ0n) is 8.40. The van der Waals surface area contributed by atoms with Gasteiger partial charge in [-0.25, -0.2) is 9.97 Å². The Labute approximate surface area is 101 Å². The number of hydrogen-bond acceptors (Lipinski definition) is 4. The van der Waals surface area contributed by atoms with Crippen molar-refractivity contribution in [3.8, 4) is 0 Å². The number of aromatic nitrogens is 2. The average molecular weight is 254 g/mol. The van der Waals surface area contributed by atoms with E-state index in [1.165, 1.54) is 17.4 Å². The first-order valence-electron chi connectivity index (χ1n) is 4.50. The van der Waals surface area contributed by atoms with Gasteiger partial charge in [-0.15, -0.1) is 11.3 Å². The number of hydrogen-bond donors (Lipinski definition) is 1. The lowest BCUT2D eigenvalue weighted by atomic mass is 10.2. The maximum Gasteiger partial charge on any atom is 0.257 e. The van der Waals surface area contributed by atoms with Crippen LogP contribution in [0.4, 0.5) is 5.13 Å². The van der Waals surface area contributed by atoms with Crippen LogP contribution in [0.15, 0.2) is 23.7 Å². The van der Waals surface area contributed by atoms with Crippen molar-refractivity contribution < 1.29 is 4.79 Å². The summed E-state index contributed by atoms with van der Waals surface area (Å²) >= 11 is 7.13. The summed E-state index contributed by atoms with van der Waals surface area (Å²) in [4.78, 5) is 19.7. The Bertz CT molecular complexity index is 493. The molecule has 0 saturated carbocycles. The van der Waals surface area contributed by atoms with E-state index in [1.807, 2.05) is 0 Å². The summed E-state index contributed by atoms with van der Waals surface area (Å²) in [6, 6.07) is 3.20. The minimum absolute atomic E-state index is 0.234. The second-order valence-electron chi connectivity index (χ2n) is 3.11. The smallest absolute Gasteiger partial charge is 0.257 e. The summed E-state index contributed by atoms with van der Waals surface area (Å²) < 4.78 is 0. The molecule has 0 aliphatic heterocycles. The highest BCUT2D eigenvalue weighted by atomic mass is 35.5. The molecule has 0 aliphatic rings. The van der Waals surface area contributed by atoms with Gasteiger partial charge in [-0.2, -0.15) is 0 Å². The molecule has 2 aromatic heterocycles. The lowest BCUT2D eigenvalue weighted by Gasteiger charge is -2.03. The third-order valence-electron chi connectivity index (χ3n) is 1.84. The lowest BCUT2D eigenvalue weighted by Crippen LogP contribution is -2.12. The number of halogens is 1. The molecule has 82 valence electrons. The summed E-state index contributed by atoms with van der Waals surface area (Å²) in [6.45, 7) is 1.78. The lowest BCUT2D eigenvalue weighted by molar-refractivity contribution is 0.102. The molecule has 1 amide bonds. The minimum Gasteiger partial charge on any atom is -0.298 e. The predicted octanol–water partition coefficient (Wildman–Crippen LogP) is 2.75. The molecule has 0 saturated heterocycles. The Morgan fingerprint density at radius 1 is 1.50 bits per heavy atom. The number of nitrogens with one attached hydrogen (secondary N) is 1. The van der Waals surface area contributed by atoms with Crippen molar-refractivity contribution in [1.29, 1.82) is 0 Å². The Morgan fingerprint density at radius 3 is 2.94 bits per heavy atom. The van der Waals surface area contributed by atoms with Gasteiger partial charge in [-0.05, 0) is 19.1 Å². The molecular formula is C10H8ClN3OS. The molecular weight excluding hydrogens is 246 g/mol. The van der Waals surface area contributed by atoms with Crippen molar-refractivity contribution in [3.05, 3.63) is 40.1 Å². The quantitative estimate of drug-likeness (QED) is 0.838. The topological polar surface area (TPSA) is 54.9 Å². The van der Waals surface area contributed by atoms with Crippen molar-refractivity contribution >= 4 is 34.0 Å². The molecule has 0 unspecified atom stereocenters. The SMILES string of the molecule is Cc1cc(C(=O)Nc2nccs2)cc(Cl)n1. The molecule has 2 aromatic rings. The van der Waals surface area contributed by atoms with E-state index in [0.29, 0.717) is 21.5 Å². The van der Waals surface area contributed by atoms with E-state index in [4.69, 9.17) is 11.6 Å². The van der Waals surface area contributed by atoms with Crippen LogP contribution in [0.2, 0.25) is 5.15 Å². The molecule has 0 aliphatic carbocycles. The van der Waals surface area contributed by atoms with Crippen LogP contribution in [0.3, 0.4) is 0 Å². The van der Waals surface area contributed by atoms with E-state index < -0.39 is 0 Å². The maximum absolute atomic E-state index is 11.8. The van der Waals surface area contributed by atoms with E-state index in [2.05, 4.69) is 15.3 Å². The van der Waals surface area contributed by atoms with E-state index in [0.717, 1.165) is 0 Å². The summed E-state index contributed by atoms with van der Waals surface area (Å²) in [5, 5.41) is 5.34. The average Bonchev–Trinajstić information content (AvgIpc) is 2.68. The molecule has 0 fully saturated rings. The first kappa shape index (κ1) is 11.0. The molecule has 1 N–H and O–H groups in total. The number of amides is 1. The van der Waals surface area contributed by atoms with E-state index in [1.54, 1.807) is 24.6 Å². The van der Waals surface area contributed by atoms with Crippen molar-refractivity contribution in [2.45, 2.75) is 6.92 Å². The number of pyridine rings is 1. The zero-order chi connectivity index (χ0) is 11.5. The summed E-state index contributed by atoms with van der Waals surface area (Å²) in [7, 11) is 0. The van der Waals surface area contributed by atoms with E-state index in [-0.39, 0.29) is 5.91 Å². The van der Waals surface area contributed by atoms with Crippen LogP contribution in [-0.2, 0) is 0 Å². The number of aryl methyl sites for hydroxylation is 1. The maximum atomic E-state index is 11.8. The van der Waals surface area contributed by atoms with Gasteiger partial charge in [-0.3, -0.25) is 10.1 Å². The Hall–Kier alpha value is -1.46. The second-order valence-corrected chi connectivity index (χ2v) is 4.39. The monoisotopic (exact) mass is 253 g/mol. The van der Waals surface area contributed by atoms with Crippen molar-refractivity contribution in [3.63, 3.8) is 0 Å². The minimum atomic E-state index is -0.234. The molecule has 0 atom stereocenters. The van der Waals surface area contributed by atoms with Gasteiger partial charge in [0.05, 0.1) is 0 Å². The highest BCUT2D eigenvalue weighted by molar-refractivity contribution is 7.13. The third-order valence-corrected chi connectivity index (χ3v) is 2.72. The first-order valence-corrected chi connectivity index (χ1v) is 5.76. The third kappa shape index (κ3) is 2.56. The van der Waals surface area contributed by atoms with E-state index >= 15 is 0 Å². The largest absolute Gasteiger partial charge is 0.298 e. The van der Waals surface area contributed by atoms with E-state index in [9.17, 15) is 4.79 Å². The van der Waals surface area contributed by atoms with Crippen molar-refractivity contribution in [2.75, 3.05) is 5.32 Å². The fourth-order valence-corrected chi connectivity index (χ4v) is 1.99. The number of carbonyl (C=O) groups is 1. The van der Waals surface area contributed by atoms with Gasteiger partial charge in [-0.1, -0.05) is 11.6 Å². The van der Waals surface area contributed by atoms with Gasteiger partial charge in [0, 0.05) is 22.8 Å². The van der Waals surface area contributed by atoms with Gasteiger partial charge in [0.25, 0.3) is 5.91 Å². The first-order chi connectivity index (χ1) is 7.65. The van der Waals surface area contributed by atoms with Gasteiger partial charge < -0.3 is 0 Å². The van der Waals surface area contributed by atoms with Crippen LogP contribution >= 0.6 is 22.9 Å². The molecule has 6 heteroatoms. The Morgan fingerprint density at radius 2 is 2.31 bits per heavy atom. The van der Waals surface area contributed by atoms with Gasteiger partial charge in [0.15, 0.2) is 5.13 Å². The molecule has 0 bridgehead atoms. The Balaban J connectivity index is 2.21. The molecule has 16 heavy (non-hydrogen) atoms. The van der Waals surface area contributed by atoms with Gasteiger partial charge in [0.2, 0.25) is 0 Å². The van der Waals surface area contributed by atoms with Crippen molar-refractivity contribution in [1.82, 2.24) is 9.97 Å². The molecule has 4 nitrogen and oxygen atoms in total. The highest BCUT2D eigenvalue weighted by Crippen LogP contribution is 2.14. The second kappa shape index (κ2) is 4.59. The molecule has 0 spiro atoms. The summed E-state index contributed by atoms with van der Waals surface area (Å²) in [6.07, 6.45) is 1.63. The fraction of sp³-hybridized carbons (Fsp3) is 0.100. The predicted molar refractivity (Wildman–Crippen MR) is 64.1 cm³/mol. The fourth-order valence-electron chi connectivity index (χ4n) is 1.21. The number of anilines is 1. The Kier molecular flexibility index (Phi) is 3.17. The van der Waals surface area contributed by atoms with Crippen molar-refractivity contribution in [2.24, 2.45) is 0 Å². The molecule has 0 radical (unpaired) electrons. The standard InChI is InChI=1S/C10H8ClN3OS/c1-6-4-7(5-8(11)13-6)9(15)14-10-12-2-3-16-10/h2-5H,1H3,(H,12,14,15). The van der Waals surface area contributed by atoms with Gasteiger partial charge in [0.1, 0.15) is 5.15 Å². The number of thiazole rings is 1. The number of carbonyl (C=O) groups excluding carboxylic acids is 1. The van der Waals surface area contributed by atoms with Crippen LogP contribution in [-0.4, -0.2) is 15.9 Å². The summed E-state index contributed by atoms with van der Waals surface area (Å²) in [5.74, 6) is -0.234. The normalized spacial score (nSPS) is 10.1. The highest BCUT2D eigenvalue weighted by Gasteiger charge is 2.09. The van der Waals surface area contributed by atoms with Crippen LogP contribution in [0.1, 0.15) is 16.1 Å². The summed E-state index contributed by atoms with van der Waals surface area (Å²) in [5.41, 5.74) is 1.18. The van der Waals surface area contributed by atoms with Crippen LogP contribution in [0.25, 0.3) is 0 Å².